The molecule has 2 aliphatic heterocycles. The van der Waals surface area contributed by atoms with Crippen LogP contribution in [-0.2, 0) is 14.3 Å². The number of amides is 2. The molecule has 1 fully saturated rings. The number of morpholine rings is 1. The SMILES string of the molecule is O=C1C=C(Nc2cc(Cl)ccc2N2CCOCC2)C(=O)N1CCO. The van der Waals surface area contributed by atoms with Gasteiger partial charge in [0.05, 0.1) is 37.7 Å². The second kappa shape index (κ2) is 7.21. The van der Waals surface area contributed by atoms with Crippen molar-refractivity contribution in [2.24, 2.45) is 0 Å². The number of anilines is 2. The number of carbonyl (C=O) groups is 2. The van der Waals surface area contributed by atoms with E-state index in [1.54, 1.807) is 12.1 Å². The number of aliphatic hydroxyl groups excluding tert-OH is 1. The maximum absolute atomic E-state index is 12.3. The van der Waals surface area contributed by atoms with Crippen LogP contribution in [0.4, 0.5) is 11.4 Å². The van der Waals surface area contributed by atoms with Gasteiger partial charge in [0.1, 0.15) is 5.70 Å². The van der Waals surface area contributed by atoms with E-state index in [9.17, 15) is 9.59 Å². The van der Waals surface area contributed by atoms with Crippen molar-refractivity contribution in [3.63, 3.8) is 0 Å². The number of β-amino-alcohol motifs (C(OH)–C–C–N with tert-alkyl or cyclic N) is 1. The first-order valence-electron chi connectivity index (χ1n) is 7.68. The average molecular weight is 352 g/mol. The van der Waals surface area contributed by atoms with Gasteiger partial charge in [0.15, 0.2) is 0 Å². The van der Waals surface area contributed by atoms with Crippen LogP contribution in [0, 0.1) is 0 Å². The van der Waals surface area contributed by atoms with Crippen LogP contribution >= 0.6 is 11.6 Å². The van der Waals surface area contributed by atoms with Gasteiger partial charge in [-0.05, 0) is 18.2 Å². The van der Waals surface area contributed by atoms with E-state index in [1.807, 2.05) is 6.07 Å². The van der Waals surface area contributed by atoms with Crippen LogP contribution in [0.1, 0.15) is 0 Å². The first-order valence-corrected chi connectivity index (χ1v) is 8.05. The Labute approximate surface area is 144 Å². The highest BCUT2D eigenvalue weighted by molar-refractivity contribution is 6.31. The number of hydrogen-bond donors (Lipinski definition) is 2. The minimum Gasteiger partial charge on any atom is -0.395 e. The van der Waals surface area contributed by atoms with Gasteiger partial charge >= 0.3 is 0 Å². The van der Waals surface area contributed by atoms with Crippen LogP contribution < -0.4 is 10.2 Å². The van der Waals surface area contributed by atoms with Crippen molar-refractivity contribution >= 4 is 34.8 Å². The molecule has 7 nitrogen and oxygen atoms in total. The van der Waals surface area contributed by atoms with Crippen molar-refractivity contribution in [3.8, 4) is 0 Å². The molecule has 2 aliphatic rings. The van der Waals surface area contributed by atoms with Crippen molar-refractivity contribution in [3.05, 3.63) is 35.0 Å². The Morgan fingerprint density at radius 2 is 2.00 bits per heavy atom. The fourth-order valence-corrected chi connectivity index (χ4v) is 2.92. The molecule has 2 N–H and O–H groups in total. The normalized spacial score (nSPS) is 18.2. The van der Waals surface area contributed by atoms with Gasteiger partial charge < -0.3 is 20.1 Å². The van der Waals surface area contributed by atoms with Crippen LogP contribution in [0.5, 0.6) is 0 Å². The van der Waals surface area contributed by atoms with Crippen LogP contribution in [0.3, 0.4) is 0 Å². The third kappa shape index (κ3) is 3.38. The minimum atomic E-state index is -0.457. The molecule has 0 unspecified atom stereocenters. The summed E-state index contributed by atoms with van der Waals surface area (Å²) in [6.45, 7) is 2.44. The van der Waals surface area contributed by atoms with Gasteiger partial charge in [0.2, 0.25) is 0 Å². The summed E-state index contributed by atoms with van der Waals surface area (Å²) in [6, 6.07) is 5.38. The van der Waals surface area contributed by atoms with Crippen molar-refractivity contribution < 1.29 is 19.4 Å². The van der Waals surface area contributed by atoms with Crippen molar-refractivity contribution in [2.45, 2.75) is 0 Å². The maximum Gasteiger partial charge on any atom is 0.277 e. The highest BCUT2D eigenvalue weighted by atomic mass is 35.5. The first-order chi connectivity index (χ1) is 11.6. The monoisotopic (exact) mass is 351 g/mol. The second-order valence-electron chi connectivity index (χ2n) is 5.46. The van der Waals surface area contributed by atoms with Crippen molar-refractivity contribution in [2.75, 3.05) is 49.7 Å². The lowest BCUT2D eigenvalue weighted by atomic mass is 10.2. The summed E-state index contributed by atoms with van der Waals surface area (Å²) in [5.41, 5.74) is 1.72. The lowest BCUT2D eigenvalue weighted by Crippen LogP contribution is -2.37. The number of rotatable bonds is 5. The quantitative estimate of drug-likeness (QED) is 0.765. The topological polar surface area (TPSA) is 82.1 Å². The second-order valence-corrected chi connectivity index (χ2v) is 5.90. The third-order valence-electron chi connectivity index (χ3n) is 3.91. The minimum absolute atomic E-state index is 0.0226. The molecule has 0 bridgehead atoms. The van der Waals surface area contributed by atoms with E-state index in [1.165, 1.54) is 6.08 Å². The Bertz CT molecular complexity index is 686. The largest absolute Gasteiger partial charge is 0.395 e. The number of aliphatic hydroxyl groups is 1. The van der Waals surface area contributed by atoms with E-state index >= 15 is 0 Å². The summed E-state index contributed by atoms with van der Waals surface area (Å²) in [5, 5.41) is 12.5. The summed E-state index contributed by atoms with van der Waals surface area (Å²) in [4.78, 5) is 27.3. The van der Waals surface area contributed by atoms with E-state index < -0.39 is 11.8 Å². The number of nitrogens with zero attached hydrogens (tertiary/aromatic N) is 2. The van der Waals surface area contributed by atoms with Gasteiger partial charge in [-0.1, -0.05) is 11.6 Å². The summed E-state index contributed by atoms with van der Waals surface area (Å²) in [5.74, 6) is -0.895. The van der Waals surface area contributed by atoms with Crippen molar-refractivity contribution in [1.29, 1.82) is 0 Å². The van der Waals surface area contributed by atoms with E-state index in [4.69, 9.17) is 21.4 Å². The molecule has 0 aromatic heterocycles. The van der Waals surface area contributed by atoms with E-state index in [0.717, 1.165) is 23.7 Å². The highest BCUT2D eigenvalue weighted by Crippen LogP contribution is 2.31. The Morgan fingerprint density at radius 1 is 1.25 bits per heavy atom. The predicted molar refractivity (Wildman–Crippen MR) is 90.0 cm³/mol. The number of hydrogen-bond acceptors (Lipinski definition) is 6. The van der Waals surface area contributed by atoms with E-state index in [0.29, 0.717) is 23.9 Å². The molecule has 8 heteroatoms. The van der Waals surface area contributed by atoms with Crippen LogP contribution in [0.2, 0.25) is 5.02 Å². The molecule has 0 saturated carbocycles. The molecule has 1 aromatic rings. The van der Waals surface area contributed by atoms with Gasteiger partial charge in [-0.25, -0.2) is 0 Å². The molecule has 2 amide bonds. The molecule has 24 heavy (non-hydrogen) atoms. The molecule has 0 atom stereocenters. The van der Waals surface area contributed by atoms with E-state index in [2.05, 4.69) is 10.2 Å². The Kier molecular flexibility index (Phi) is 5.03. The maximum atomic E-state index is 12.3. The Hall–Kier alpha value is -2.09. The standard InChI is InChI=1S/C16H18ClN3O4/c17-11-1-2-14(19-4-7-24-8-5-19)12(9-11)18-13-10-15(22)20(3-6-21)16(13)23/h1-2,9-10,18,21H,3-8H2. The summed E-state index contributed by atoms with van der Waals surface area (Å²) in [6.07, 6.45) is 1.24. The van der Waals surface area contributed by atoms with Gasteiger partial charge in [0.25, 0.3) is 11.8 Å². The molecule has 128 valence electrons. The molecule has 0 aliphatic carbocycles. The molecule has 1 saturated heterocycles. The number of nitrogens with one attached hydrogen (secondary N) is 1. The summed E-state index contributed by atoms with van der Waals surface area (Å²) in [7, 11) is 0. The summed E-state index contributed by atoms with van der Waals surface area (Å²) >= 11 is 6.09. The van der Waals surface area contributed by atoms with Gasteiger partial charge in [0, 0.05) is 24.2 Å². The van der Waals surface area contributed by atoms with Crippen LogP contribution in [0.25, 0.3) is 0 Å². The molecule has 3 rings (SSSR count). The lowest BCUT2D eigenvalue weighted by Gasteiger charge is -2.30. The lowest BCUT2D eigenvalue weighted by molar-refractivity contribution is -0.137. The van der Waals surface area contributed by atoms with Gasteiger partial charge in [-0.15, -0.1) is 0 Å². The Morgan fingerprint density at radius 3 is 2.71 bits per heavy atom. The van der Waals surface area contributed by atoms with Crippen LogP contribution in [-0.4, -0.2) is 61.3 Å². The fourth-order valence-electron chi connectivity index (χ4n) is 2.74. The molecule has 2 heterocycles. The number of halogens is 1. The van der Waals surface area contributed by atoms with Gasteiger partial charge in [-0.3, -0.25) is 14.5 Å². The first kappa shape index (κ1) is 16.8. The zero-order chi connectivity index (χ0) is 17.1. The molecule has 1 aromatic carbocycles. The third-order valence-corrected chi connectivity index (χ3v) is 4.15. The number of imide groups is 1. The average Bonchev–Trinajstić information content (AvgIpc) is 2.84. The number of benzene rings is 1. The molecular formula is C16H18ClN3O4. The smallest absolute Gasteiger partial charge is 0.277 e. The number of ether oxygens (including phenoxy) is 1. The van der Waals surface area contributed by atoms with Crippen LogP contribution in [0.15, 0.2) is 30.0 Å². The molecular weight excluding hydrogens is 334 g/mol. The predicted octanol–water partition coefficient (Wildman–Crippen LogP) is 0.833. The van der Waals surface area contributed by atoms with Crippen molar-refractivity contribution in [1.82, 2.24) is 4.90 Å². The molecule has 0 radical (unpaired) electrons. The fraction of sp³-hybridized carbons (Fsp3) is 0.375. The highest BCUT2D eigenvalue weighted by Gasteiger charge is 2.31. The summed E-state index contributed by atoms with van der Waals surface area (Å²) < 4.78 is 5.36. The van der Waals surface area contributed by atoms with E-state index in [-0.39, 0.29) is 18.8 Å². The zero-order valence-electron chi connectivity index (χ0n) is 13.0. The zero-order valence-corrected chi connectivity index (χ0v) is 13.8. The van der Waals surface area contributed by atoms with Gasteiger partial charge in [-0.2, -0.15) is 0 Å². The Balaban J connectivity index is 1.84. The number of carbonyl (C=O) groups excluding carboxylic acids is 2. The molecule has 0 spiro atoms.